The molecule has 0 aromatic heterocycles. The molecule has 2 rings (SSSR count). The van der Waals surface area contributed by atoms with Crippen LogP contribution < -0.4 is 10.6 Å². The number of amides is 1. The molecule has 1 amide bonds. The summed E-state index contributed by atoms with van der Waals surface area (Å²) < 4.78 is 0. The van der Waals surface area contributed by atoms with Gasteiger partial charge < -0.3 is 10.6 Å². The Labute approximate surface area is 103 Å². The summed E-state index contributed by atoms with van der Waals surface area (Å²) >= 11 is 0. The van der Waals surface area contributed by atoms with E-state index in [1.165, 1.54) is 24.0 Å². The zero-order valence-corrected chi connectivity index (χ0v) is 10.5. The summed E-state index contributed by atoms with van der Waals surface area (Å²) in [5.74, 6) is 0.0153. The Kier molecular flexibility index (Phi) is 3.79. The SMILES string of the molecule is CCNC(=O)c1ccc(C2CCCN2)c(C)c1. The van der Waals surface area contributed by atoms with Gasteiger partial charge in [-0.3, -0.25) is 4.79 Å². The minimum atomic E-state index is 0.0153. The highest BCUT2D eigenvalue weighted by Gasteiger charge is 2.18. The highest BCUT2D eigenvalue weighted by molar-refractivity contribution is 5.94. The predicted molar refractivity (Wildman–Crippen MR) is 69.2 cm³/mol. The lowest BCUT2D eigenvalue weighted by molar-refractivity contribution is 0.0955. The molecule has 0 bridgehead atoms. The standard InChI is InChI=1S/C14H20N2O/c1-3-15-14(17)11-6-7-12(10(2)9-11)13-5-4-8-16-13/h6-7,9,13,16H,3-5,8H2,1-2H3,(H,15,17). The van der Waals surface area contributed by atoms with E-state index in [1.807, 2.05) is 19.1 Å². The van der Waals surface area contributed by atoms with Crippen LogP contribution >= 0.6 is 0 Å². The second-order valence-corrected chi connectivity index (χ2v) is 4.58. The van der Waals surface area contributed by atoms with Gasteiger partial charge in [-0.2, -0.15) is 0 Å². The largest absolute Gasteiger partial charge is 0.352 e. The van der Waals surface area contributed by atoms with Gasteiger partial charge in [-0.05, 0) is 56.5 Å². The van der Waals surface area contributed by atoms with Crippen molar-refractivity contribution in [3.05, 3.63) is 34.9 Å². The lowest BCUT2D eigenvalue weighted by atomic mass is 9.97. The number of nitrogens with one attached hydrogen (secondary N) is 2. The van der Waals surface area contributed by atoms with E-state index in [9.17, 15) is 4.79 Å². The average molecular weight is 232 g/mol. The van der Waals surface area contributed by atoms with Crippen molar-refractivity contribution in [2.75, 3.05) is 13.1 Å². The molecule has 1 atom stereocenters. The molecule has 1 aliphatic rings. The molecule has 1 fully saturated rings. The van der Waals surface area contributed by atoms with Crippen LogP contribution in [0.4, 0.5) is 0 Å². The summed E-state index contributed by atoms with van der Waals surface area (Å²) in [4.78, 5) is 11.7. The van der Waals surface area contributed by atoms with E-state index in [1.54, 1.807) is 0 Å². The van der Waals surface area contributed by atoms with Crippen molar-refractivity contribution in [2.45, 2.75) is 32.7 Å². The van der Waals surface area contributed by atoms with Crippen LogP contribution in [0.2, 0.25) is 0 Å². The van der Waals surface area contributed by atoms with Crippen LogP contribution in [0.5, 0.6) is 0 Å². The number of benzene rings is 1. The molecular formula is C14H20N2O. The van der Waals surface area contributed by atoms with Gasteiger partial charge >= 0.3 is 0 Å². The molecule has 1 heterocycles. The van der Waals surface area contributed by atoms with Crippen molar-refractivity contribution in [2.24, 2.45) is 0 Å². The summed E-state index contributed by atoms with van der Waals surface area (Å²) in [6.45, 7) is 5.78. The van der Waals surface area contributed by atoms with Gasteiger partial charge in [0.25, 0.3) is 5.91 Å². The predicted octanol–water partition coefficient (Wildman–Crippen LogP) is 2.17. The number of carbonyl (C=O) groups excluding carboxylic acids is 1. The minimum Gasteiger partial charge on any atom is -0.352 e. The summed E-state index contributed by atoms with van der Waals surface area (Å²) in [5, 5.41) is 6.31. The van der Waals surface area contributed by atoms with Crippen LogP contribution in [0.3, 0.4) is 0 Å². The smallest absolute Gasteiger partial charge is 0.251 e. The van der Waals surface area contributed by atoms with Gasteiger partial charge in [-0.25, -0.2) is 0 Å². The second-order valence-electron chi connectivity index (χ2n) is 4.58. The van der Waals surface area contributed by atoms with E-state index < -0.39 is 0 Å². The van der Waals surface area contributed by atoms with Gasteiger partial charge in [-0.15, -0.1) is 0 Å². The first kappa shape index (κ1) is 12.1. The molecule has 2 N–H and O–H groups in total. The lowest BCUT2D eigenvalue weighted by Gasteiger charge is -2.14. The quantitative estimate of drug-likeness (QED) is 0.838. The van der Waals surface area contributed by atoms with Gasteiger partial charge in [-0.1, -0.05) is 6.07 Å². The molecular weight excluding hydrogens is 212 g/mol. The zero-order chi connectivity index (χ0) is 12.3. The molecule has 1 aliphatic heterocycles. The molecule has 3 heteroatoms. The lowest BCUT2D eigenvalue weighted by Crippen LogP contribution is -2.23. The van der Waals surface area contributed by atoms with Crippen molar-refractivity contribution < 1.29 is 4.79 Å². The fourth-order valence-electron chi connectivity index (χ4n) is 2.42. The number of carbonyl (C=O) groups is 1. The Bertz CT molecular complexity index is 409. The monoisotopic (exact) mass is 232 g/mol. The third kappa shape index (κ3) is 2.67. The van der Waals surface area contributed by atoms with E-state index >= 15 is 0 Å². The number of rotatable bonds is 3. The minimum absolute atomic E-state index is 0.0153. The molecule has 1 saturated heterocycles. The van der Waals surface area contributed by atoms with Gasteiger partial charge in [0, 0.05) is 18.2 Å². The third-order valence-corrected chi connectivity index (χ3v) is 3.31. The molecule has 1 unspecified atom stereocenters. The summed E-state index contributed by atoms with van der Waals surface area (Å²) in [6.07, 6.45) is 2.43. The molecule has 1 aromatic rings. The maximum atomic E-state index is 11.7. The van der Waals surface area contributed by atoms with Crippen LogP contribution in [0, 0.1) is 6.92 Å². The number of hydrogen-bond acceptors (Lipinski definition) is 2. The van der Waals surface area contributed by atoms with Crippen molar-refractivity contribution in [1.29, 1.82) is 0 Å². The highest BCUT2D eigenvalue weighted by Crippen LogP contribution is 2.26. The van der Waals surface area contributed by atoms with Crippen molar-refractivity contribution in [3.8, 4) is 0 Å². The summed E-state index contributed by atoms with van der Waals surface area (Å²) in [6, 6.07) is 6.47. The van der Waals surface area contributed by atoms with Crippen molar-refractivity contribution in [3.63, 3.8) is 0 Å². The topological polar surface area (TPSA) is 41.1 Å². The van der Waals surface area contributed by atoms with Crippen molar-refractivity contribution in [1.82, 2.24) is 10.6 Å². The van der Waals surface area contributed by atoms with E-state index in [2.05, 4.69) is 23.6 Å². The van der Waals surface area contributed by atoms with E-state index in [0.717, 1.165) is 12.1 Å². The molecule has 0 saturated carbocycles. The molecule has 0 spiro atoms. The molecule has 92 valence electrons. The first-order valence-corrected chi connectivity index (χ1v) is 6.34. The first-order chi connectivity index (χ1) is 8.22. The molecule has 0 radical (unpaired) electrons. The Morgan fingerprint density at radius 1 is 1.53 bits per heavy atom. The molecule has 0 aliphatic carbocycles. The van der Waals surface area contributed by atoms with E-state index in [-0.39, 0.29) is 5.91 Å². The fourth-order valence-corrected chi connectivity index (χ4v) is 2.42. The Morgan fingerprint density at radius 2 is 2.35 bits per heavy atom. The average Bonchev–Trinajstić information content (AvgIpc) is 2.82. The van der Waals surface area contributed by atoms with Gasteiger partial charge in [0.1, 0.15) is 0 Å². The Morgan fingerprint density at radius 3 is 2.94 bits per heavy atom. The Hall–Kier alpha value is -1.35. The van der Waals surface area contributed by atoms with E-state index in [0.29, 0.717) is 12.6 Å². The first-order valence-electron chi connectivity index (χ1n) is 6.34. The second kappa shape index (κ2) is 5.32. The maximum Gasteiger partial charge on any atom is 0.251 e. The van der Waals surface area contributed by atoms with Crippen molar-refractivity contribution >= 4 is 5.91 Å². The van der Waals surface area contributed by atoms with Gasteiger partial charge in [0.15, 0.2) is 0 Å². The molecule has 3 nitrogen and oxygen atoms in total. The van der Waals surface area contributed by atoms with Crippen LogP contribution in [0.1, 0.15) is 47.3 Å². The molecule has 1 aromatic carbocycles. The van der Waals surface area contributed by atoms with Crippen LogP contribution in [0.15, 0.2) is 18.2 Å². The number of hydrogen-bond donors (Lipinski definition) is 2. The van der Waals surface area contributed by atoms with Crippen LogP contribution in [0.25, 0.3) is 0 Å². The van der Waals surface area contributed by atoms with Crippen LogP contribution in [-0.4, -0.2) is 19.0 Å². The normalized spacial score (nSPS) is 19.3. The highest BCUT2D eigenvalue weighted by atomic mass is 16.1. The zero-order valence-electron chi connectivity index (χ0n) is 10.5. The third-order valence-electron chi connectivity index (χ3n) is 3.31. The number of aryl methyl sites for hydroxylation is 1. The fraction of sp³-hybridized carbons (Fsp3) is 0.500. The molecule has 17 heavy (non-hydrogen) atoms. The van der Waals surface area contributed by atoms with Gasteiger partial charge in [0.05, 0.1) is 0 Å². The summed E-state index contributed by atoms with van der Waals surface area (Å²) in [7, 11) is 0. The Balaban J connectivity index is 2.19. The summed E-state index contributed by atoms with van der Waals surface area (Å²) in [5.41, 5.74) is 3.29. The van der Waals surface area contributed by atoms with Gasteiger partial charge in [0.2, 0.25) is 0 Å². The van der Waals surface area contributed by atoms with Crippen LogP contribution in [-0.2, 0) is 0 Å². The van der Waals surface area contributed by atoms with E-state index in [4.69, 9.17) is 0 Å². The maximum absolute atomic E-state index is 11.7.